The molecule has 0 saturated carbocycles. The fraction of sp³-hybridized carbons (Fsp3) is 0.533. The molecule has 1 aromatic rings. The molecule has 1 aliphatic heterocycles. The van der Waals surface area contributed by atoms with Gasteiger partial charge in [0.25, 0.3) is 0 Å². The van der Waals surface area contributed by atoms with Crippen molar-refractivity contribution >= 4 is 24.0 Å². The molecule has 2 rings (SSSR count). The maximum Gasteiger partial charge on any atom is 0.225 e. The standard InChI is InChI=1S/C15H22N2O3.ClH/c1-11-4-5-13(17-15(18)6-7-16)14(9-11)20-10-12-3-2-8-19-12;/h4-5,9,12H,2-3,6-8,10,16H2,1H3,(H,17,18);1H. The van der Waals surface area contributed by atoms with E-state index in [1.165, 1.54) is 0 Å². The minimum Gasteiger partial charge on any atom is -0.489 e. The number of carbonyl (C=O) groups is 1. The van der Waals surface area contributed by atoms with E-state index in [-0.39, 0.29) is 24.4 Å². The Kier molecular flexibility index (Phi) is 7.50. The molecule has 5 nitrogen and oxygen atoms in total. The highest BCUT2D eigenvalue weighted by Gasteiger charge is 2.17. The van der Waals surface area contributed by atoms with Crippen molar-refractivity contribution in [2.24, 2.45) is 5.73 Å². The second-order valence-corrected chi connectivity index (χ2v) is 5.03. The summed E-state index contributed by atoms with van der Waals surface area (Å²) in [5.41, 5.74) is 7.15. The summed E-state index contributed by atoms with van der Waals surface area (Å²) in [5, 5.41) is 2.83. The topological polar surface area (TPSA) is 73.6 Å². The van der Waals surface area contributed by atoms with Gasteiger partial charge < -0.3 is 20.5 Å². The van der Waals surface area contributed by atoms with Gasteiger partial charge in [0, 0.05) is 19.6 Å². The molecule has 0 aliphatic carbocycles. The number of aryl methyl sites for hydroxylation is 1. The summed E-state index contributed by atoms with van der Waals surface area (Å²) in [5.74, 6) is 0.587. The zero-order chi connectivity index (χ0) is 14.4. The number of ether oxygens (including phenoxy) is 2. The largest absolute Gasteiger partial charge is 0.489 e. The monoisotopic (exact) mass is 314 g/mol. The van der Waals surface area contributed by atoms with E-state index in [0.29, 0.717) is 31.0 Å². The van der Waals surface area contributed by atoms with Crippen LogP contribution in [0.3, 0.4) is 0 Å². The highest BCUT2D eigenvalue weighted by atomic mass is 35.5. The Morgan fingerprint density at radius 1 is 1.52 bits per heavy atom. The molecule has 1 amide bonds. The van der Waals surface area contributed by atoms with Crippen molar-refractivity contribution in [3.05, 3.63) is 23.8 Å². The molecular weight excluding hydrogens is 292 g/mol. The Labute approximate surface area is 131 Å². The Morgan fingerprint density at radius 2 is 2.33 bits per heavy atom. The molecule has 21 heavy (non-hydrogen) atoms. The van der Waals surface area contributed by atoms with E-state index in [2.05, 4.69) is 5.32 Å². The lowest BCUT2D eigenvalue weighted by Gasteiger charge is -2.15. The van der Waals surface area contributed by atoms with Gasteiger partial charge in [0.2, 0.25) is 5.91 Å². The van der Waals surface area contributed by atoms with Crippen LogP contribution in [0.5, 0.6) is 5.75 Å². The third-order valence-electron chi connectivity index (χ3n) is 3.23. The third kappa shape index (κ3) is 5.53. The van der Waals surface area contributed by atoms with Crippen LogP contribution in [-0.4, -0.2) is 31.8 Å². The molecule has 118 valence electrons. The maximum atomic E-state index is 11.6. The van der Waals surface area contributed by atoms with Gasteiger partial charge >= 0.3 is 0 Å². The molecular formula is C15H23ClN2O3. The SMILES string of the molecule is Cc1ccc(NC(=O)CCN)c(OCC2CCCO2)c1.Cl. The quantitative estimate of drug-likeness (QED) is 0.844. The van der Waals surface area contributed by atoms with Crippen molar-refractivity contribution in [1.82, 2.24) is 0 Å². The molecule has 1 aromatic carbocycles. The molecule has 1 saturated heterocycles. The summed E-state index contributed by atoms with van der Waals surface area (Å²) < 4.78 is 11.3. The van der Waals surface area contributed by atoms with Crippen LogP contribution in [0.1, 0.15) is 24.8 Å². The first-order chi connectivity index (χ1) is 9.69. The summed E-state index contributed by atoms with van der Waals surface area (Å²) in [6, 6.07) is 5.72. The van der Waals surface area contributed by atoms with Crippen molar-refractivity contribution in [2.45, 2.75) is 32.3 Å². The number of nitrogens with two attached hydrogens (primary N) is 1. The number of hydrogen-bond donors (Lipinski definition) is 2. The van der Waals surface area contributed by atoms with Crippen molar-refractivity contribution in [3.8, 4) is 5.75 Å². The van der Waals surface area contributed by atoms with E-state index in [0.717, 1.165) is 25.0 Å². The molecule has 1 heterocycles. The number of halogens is 1. The van der Waals surface area contributed by atoms with Crippen molar-refractivity contribution in [2.75, 3.05) is 25.1 Å². The van der Waals surface area contributed by atoms with Crippen molar-refractivity contribution in [1.29, 1.82) is 0 Å². The molecule has 3 N–H and O–H groups in total. The maximum absolute atomic E-state index is 11.6. The number of amides is 1. The van der Waals surface area contributed by atoms with Crippen LogP contribution in [0.25, 0.3) is 0 Å². The second-order valence-electron chi connectivity index (χ2n) is 5.03. The normalized spacial score (nSPS) is 17.1. The highest BCUT2D eigenvalue weighted by molar-refractivity contribution is 5.92. The highest BCUT2D eigenvalue weighted by Crippen LogP contribution is 2.27. The molecule has 6 heteroatoms. The second kappa shape index (κ2) is 8.87. The fourth-order valence-corrected chi connectivity index (χ4v) is 2.15. The summed E-state index contributed by atoms with van der Waals surface area (Å²) >= 11 is 0. The van der Waals surface area contributed by atoms with Crippen LogP contribution in [0.2, 0.25) is 0 Å². The minimum atomic E-state index is -0.0988. The molecule has 1 aliphatic rings. The van der Waals surface area contributed by atoms with E-state index in [1.807, 2.05) is 25.1 Å². The number of hydrogen-bond acceptors (Lipinski definition) is 4. The van der Waals surface area contributed by atoms with Gasteiger partial charge in [-0.2, -0.15) is 0 Å². The number of benzene rings is 1. The number of rotatable bonds is 6. The summed E-state index contributed by atoms with van der Waals surface area (Å²) in [7, 11) is 0. The predicted octanol–water partition coefficient (Wildman–Crippen LogP) is 2.26. The van der Waals surface area contributed by atoms with Gasteiger partial charge in [0.1, 0.15) is 12.4 Å². The van der Waals surface area contributed by atoms with E-state index in [9.17, 15) is 4.79 Å². The van der Waals surface area contributed by atoms with Gasteiger partial charge in [-0.1, -0.05) is 6.07 Å². The smallest absolute Gasteiger partial charge is 0.225 e. The third-order valence-corrected chi connectivity index (χ3v) is 3.23. The summed E-state index contributed by atoms with van der Waals surface area (Å²) in [4.78, 5) is 11.6. The van der Waals surface area contributed by atoms with Crippen molar-refractivity contribution < 1.29 is 14.3 Å². The Morgan fingerprint density at radius 3 is 3.00 bits per heavy atom. The van der Waals surface area contributed by atoms with Crippen LogP contribution in [-0.2, 0) is 9.53 Å². The van der Waals surface area contributed by atoms with E-state index >= 15 is 0 Å². The van der Waals surface area contributed by atoms with Crippen LogP contribution < -0.4 is 15.8 Å². The first-order valence-electron chi connectivity index (χ1n) is 7.04. The molecule has 1 atom stereocenters. The first-order valence-corrected chi connectivity index (χ1v) is 7.04. The average Bonchev–Trinajstić information content (AvgIpc) is 2.92. The number of anilines is 1. The van der Waals surface area contributed by atoms with Gasteiger partial charge in [-0.05, 0) is 37.5 Å². The molecule has 0 radical (unpaired) electrons. The van der Waals surface area contributed by atoms with E-state index < -0.39 is 0 Å². The Hall–Kier alpha value is -1.30. The van der Waals surface area contributed by atoms with E-state index in [1.54, 1.807) is 0 Å². The van der Waals surface area contributed by atoms with Gasteiger partial charge in [-0.15, -0.1) is 12.4 Å². The summed E-state index contributed by atoms with van der Waals surface area (Å²) in [6.07, 6.45) is 2.57. The molecule has 0 spiro atoms. The predicted molar refractivity (Wildman–Crippen MR) is 85.2 cm³/mol. The lowest BCUT2D eigenvalue weighted by molar-refractivity contribution is -0.116. The van der Waals surface area contributed by atoms with Crippen LogP contribution in [0.4, 0.5) is 5.69 Å². The lowest BCUT2D eigenvalue weighted by atomic mass is 10.2. The number of nitrogens with one attached hydrogen (secondary N) is 1. The van der Waals surface area contributed by atoms with Gasteiger partial charge in [-0.3, -0.25) is 4.79 Å². The summed E-state index contributed by atoms with van der Waals surface area (Å²) in [6.45, 7) is 3.65. The minimum absolute atomic E-state index is 0. The van der Waals surface area contributed by atoms with Gasteiger partial charge in [0.05, 0.1) is 11.8 Å². The Bertz CT molecular complexity index is 462. The molecule has 0 aromatic heterocycles. The zero-order valence-electron chi connectivity index (χ0n) is 12.3. The zero-order valence-corrected chi connectivity index (χ0v) is 13.1. The molecule has 1 fully saturated rings. The average molecular weight is 315 g/mol. The van der Waals surface area contributed by atoms with Crippen LogP contribution >= 0.6 is 12.4 Å². The van der Waals surface area contributed by atoms with Gasteiger partial charge in [-0.25, -0.2) is 0 Å². The van der Waals surface area contributed by atoms with Crippen LogP contribution in [0.15, 0.2) is 18.2 Å². The lowest BCUT2D eigenvalue weighted by Crippen LogP contribution is -2.19. The van der Waals surface area contributed by atoms with E-state index in [4.69, 9.17) is 15.2 Å². The molecule has 1 unspecified atom stereocenters. The first kappa shape index (κ1) is 17.8. The molecule has 0 bridgehead atoms. The van der Waals surface area contributed by atoms with Gasteiger partial charge in [0.15, 0.2) is 0 Å². The fourth-order valence-electron chi connectivity index (χ4n) is 2.15. The van der Waals surface area contributed by atoms with Crippen LogP contribution in [0, 0.1) is 6.92 Å². The Balaban J connectivity index is 0.00000220. The van der Waals surface area contributed by atoms with Crippen molar-refractivity contribution in [3.63, 3.8) is 0 Å². The number of carbonyl (C=O) groups excluding carboxylic acids is 1.